The summed E-state index contributed by atoms with van der Waals surface area (Å²) in [6.45, 7) is 10.5. The van der Waals surface area contributed by atoms with Gasteiger partial charge in [0.25, 0.3) is 0 Å². The molecule has 1 aromatic carbocycles. The summed E-state index contributed by atoms with van der Waals surface area (Å²) >= 11 is 0. The molecule has 0 aliphatic rings. The summed E-state index contributed by atoms with van der Waals surface area (Å²) < 4.78 is 0. The summed E-state index contributed by atoms with van der Waals surface area (Å²) in [7, 11) is 0. The Bertz CT molecular complexity index is 616. The van der Waals surface area contributed by atoms with Gasteiger partial charge in [-0.05, 0) is 43.5 Å². The monoisotopic (exact) mass is 255 g/mol. The summed E-state index contributed by atoms with van der Waals surface area (Å²) in [6.07, 6.45) is 0. The Morgan fingerprint density at radius 3 is 2.16 bits per heavy atom. The van der Waals surface area contributed by atoms with Gasteiger partial charge in [0.2, 0.25) is 0 Å². The van der Waals surface area contributed by atoms with E-state index in [0.29, 0.717) is 5.82 Å². The minimum absolute atomic E-state index is 0.272. The quantitative estimate of drug-likeness (QED) is 0.888. The van der Waals surface area contributed by atoms with E-state index in [4.69, 9.17) is 5.73 Å². The minimum atomic E-state index is 0.272. The lowest BCUT2D eigenvalue weighted by Gasteiger charge is -2.12. The Morgan fingerprint density at radius 1 is 0.895 bits per heavy atom. The number of nitrogens with zero attached hydrogens (tertiary/aromatic N) is 2. The predicted molar refractivity (Wildman–Crippen MR) is 80.2 cm³/mol. The van der Waals surface area contributed by atoms with Crippen molar-refractivity contribution in [1.29, 1.82) is 0 Å². The molecule has 0 radical (unpaired) electrons. The average Bonchev–Trinajstić information content (AvgIpc) is 2.33. The molecule has 3 nitrogen and oxygen atoms in total. The van der Waals surface area contributed by atoms with E-state index in [1.807, 2.05) is 6.07 Å². The lowest BCUT2D eigenvalue weighted by Crippen LogP contribution is -2.03. The van der Waals surface area contributed by atoms with E-state index in [2.05, 4.69) is 56.7 Å². The maximum atomic E-state index is 5.90. The van der Waals surface area contributed by atoms with Gasteiger partial charge in [-0.1, -0.05) is 19.9 Å². The van der Waals surface area contributed by atoms with E-state index in [1.165, 1.54) is 16.7 Å². The molecule has 2 aromatic rings. The van der Waals surface area contributed by atoms with Crippen LogP contribution < -0.4 is 5.73 Å². The molecule has 0 spiro atoms. The van der Waals surface area contributed by atoms with Gasteiger partial charge in [0.05, 0.1) is 5.69 Å². The van der Waals surface area contributed by atoms with E-state index in [9.17, 15) is 0 Å². The first kappa shape index (κ1) is 13.5. The molecule has 0 unspecified atom stereocenters. The molecule has 2 rings (SSSR count). The number of hydrogen-bond donors (Lipinski definition) is 1. The van der Waals surface area contributed by atoms with Gasteiger partial charge in [-0.3, -0.25) is 0 Å². The maximum absolute atomic E-state index is 5.90. The molecule has 0 bridgehead atoms. The molecule has 1 heterocycles. The van der Waals surface area contributed by atoms with Gasteiger partial charge < -0.3 is 5.73 Å². The molecule has 0 amide bonds. The normalized spacial score (nSPS) is 11.1. The molecule has 3 heteroatoms. The van der Waals surface area contributed by atoms with Crippen molar-refractivity contribution in [3.05, 3.63) is 40.7 Å². The number of hydrogen-bond acceptors (Lipinski definition) is 3. The van der Waals surface area contributed by atoms with Crippen LogP contribution in [-0.2, 0) is 0 Å². The molecule has 2 N–H and O–H groups in total. The molecular weight excluding hydrogens is 234 g/mol. The van der Waals surface area contributed by atoms with Gasteiger partial charge in [-0.25, -0.2) is 9.97 Å². The molecule has 0 saturated heterocycles. The van der Waals surface area contributed by atoms with Crippen LogP contribution in [0.2, 0.25) is 0 Å². The first-order valence-corrected chi connectivity index (χ1v) is 6.61. The Morgan fingerprint density at radius 2 is 1.53 bits per heavy atom. The van der Waals surface area contributed by atoms with Crippen molar-refractivity contribution in [1.82, 2.24) is 9.97 Å². The second kappa shape index (κ2) is 5.00. The zero-order valence-electron chi connectivity index (χ0n) is 12.3. The second-order valence-corrected chi connectivity index (χ2v) is 5.44. The van der Waals surface area contributed by atoms with Gasteiger partial charge in [-0.2, -0.15) is 0 Å². The summed E-state index contributed by atoms with van der Waals surface area (Å²) in [4.78, 5) is 8.94. The zero-order valence-corrected chi connectivity index (χ0v) is 12.3. The van der Waals surface area contributed by atoms with Crippen LogP contribution in [0.4, 0.5) is 5.82 Å². The predicted octanol–water partition coefficient (Wildman–Crippen LogP) is 3.77. The Labute approximate surface area is 114 Å². The lowest BCUT2D eigenvalue weighted by molar-refractivity contribution is 0.778. The molecule has 0 fully saturated rings. The minimum Gasteiger partial charge on any atom is -0.384 e. The number of anilines is 1. The molecule has 0 saturated carbocycles. The lowest BCUT2D eigenvalue weighted by atomic mass is 9.98. The van der Waals surface area contributed by atoms with Crippen LogP contribution in [0.15, 0.2) is 18.2 Å². The smallest absolute Gasteiger partial charge is 0.133 e. The average molecular weight is 255 g/mol. The van der Waals surface area contributed by atoms with E-state index in [-0.39, 0.29) is 5.92 Å². The number of nitrogens with two attached hydrogens (primary N) is 1. The van der Waals surface area contributed by atoms with Crippen molar-refractivity contribution >= 4 is 5.82 Å². The van der Waals surface area contributed by atoms with Crippen LogP contribution >= 0.6 is 0 Å². The fraction of sp³-hybridized carbons (Fsp3) is 0.375. The van der Waals surface area contributed by atoms with Crippen molar-refractivity contribution in [2.24, 2.45) is 0 Å². The Balaban J connectivity index is 2.62. The number of rotatable bonds is 2. The molecule has 19 heavy (non-hydrogen) atoms. The fourth-order valence-electron chi connectivity index (χ4n) is 2.12. The summed E-state index contributed by atoms with van der Waals surface area (Å²) in [5.74, 6) is 1.60. The molecule has 0 aliphatic carbocycles. The summed E-state index contributed by atoms with van der Waals surface area (Å²) in [5, 5.41) is 0. The van der Waals surface area contributed by atoms with Crippen molar-refractivity contribution in [2.45, 2.75) is 40.5 Å². The first-order chi connectivity index (χ1) is 8.88. The Hall–Kier alpha value is -1.90. The molecule has 100 valence electrons. The van der Waals surface area contributed by atoms with Crippen molar-refractivity contribution in [3.8, 4) is 11.3 Å². The van der Waals surface area contributed by atoms with Gasteiger partial charge in [-0.15, -0.1) is 0 Å². The molecule has 1 aromatic heterocycles. The molecule has 0 atom stereocenters. The van der Waals surface area contributed by atoms with Crippen molar-refractivity contribution in [3.63, 3.8) is 0 Å². The number of nitrogen functional groups attached to an aromatic ring is 1. The highest BCUT2D eigenvalue weighted by atomic mass is 14.9. The van der Waals surface area contributed by atoms with Gasteiger partial charge in [0.1, 0.15) is 11.6 Å². The second-order valence-electron chi connectivity index (χ2n) is 5.44. The van der Waals surface area contributed by atoms with Crippen LogP contribution in [-0.4, -0.2) is 9.97 Å². The molecular formula is C16H21N3. The number of aryl methyl sites for hydroxylation is 3. The van der Waals surface area contributed by atoms with E-state index < -0.39 is 0 Å². The van der Waals surface area contributed by atoms with Crippen LogP contribution in [0.5, 0.6) is 0 Å². The van der Waals surface area contributed by atoms with Crippen LogP contribution in [0.1, 0.15) is 42.3 Å². The maximum Gasteiger partial charge on any atom is 0.133 e. The summed E-state index contributed by atoms with van der Waals surface area (Å²) in [6, 6.07) is 6.22. The van der Waals surface area contributed by atoms with E-state index in [0.717, 1.165) is 17.1 Å². The largest absolute Gasteiger partial charge is 0.384 e. The van der Waals surface area contributed by atoms with E-state index in [1.54, 1.807) is 0 Å². The van der Waals surface area contributed by atoms with E-state index >= 15 is 0 Å². The van der Waals surface area contributed by atoms with Gasteiger partial charge in [0.15, 0.2) is 0 Å². The fourth-order valence-corrected chi connectivity index (χ4v) is 2.12. The standard InChI is InChI=1S/C16H21N3/c1-9(2)16-18-14(8-15(17)19-16)13-7-11(4)10(3)6-12(13)5/h6-9H,1-5H3,(H2,17,18,19). The van der Waals surface area contributed by atoms with Crippen molar-refractivity contribution < 1.29 is 0 Å². The Kier molecular flexibility index (Phi) is 3.56. The highest BCUT2D eigenvalue weighted by Crippen LogP contribution is 2.27. The highest BCUT2D eigenvalue weighted by Gasteiger charge is 2.11. The van der Waals surface area contributed by atoms with Gasteiger partial charge in [0, 0.05) is 17.5 Å². The molecule has 0 aliphatic heterocycles. The highest BCUT2D eigenvalue weighted by molar-refractivity contribution is 5.67. The summed E-state index contributed by atoms with van der Waals surface area (Å²) in [5.41, 5.74) is 11.7. The third-order valence-corrected chi connectivity index (χ3v) is 3.40. The number of benzene rings is 1. The zero-order chi connectivity index (χ0) is 14.2. The third kappa shape index (κ3) is 2.75. The van der Waals surface area contributed by atoms with Crippen LogP contribution in [0.25, 0.3) is 11.3 Å². The van der Waals surface area contributed by atoms with Crippen LogP contribution in [0.3, 0.4) is 0 Å². The van der Waals surface area contributed by atoms with Crippen LogP contribution in [0, 0.1) is 20.8 Å². The van der Waals surface area contributed by atoms with Gasteiger partial charge >= 0.3 is 0 Å². The third-order valence-electron chi connectivity index (χ3n) is 3.40. The number of aromatic nitrogens is 2. The van der Waals surface area contributed by atoms with Crippen molar-refractivity contribution in [2.75, 3.05) is 5.73 Å². The SMILES string of the molecule is Cc1cc(C)c(-c2cc(N)nc(C(C)C)n2)cc1C. The first-order valence-electron chi connectivity index (χ1n) is 6.61. The topological polar surface area (TPSA) is 51.8 Å².